The number of aromatic amines is 1. The monoisotopic (exact) mass is 431 g/mol. The highest BCUT2D eigenvalue weighted by atomic mass is 16.6. The Hall–Kier alpha value is -2.31. The summed E-state index contributed by atoms with van der Waals surface area (Å²) >= 11 is 0. The second kappa shape index (κ2) is 10.3. The third-order valence-electron chi connectivity index (χ3n) is 6.15. The van der Waals surface area contributed by atoms with Gasteiger partial charge in [-0.25, -0.2) is 0 Å². The Bertz CT molecular complexity index is 927. The van der Waals surface area contributed by atoms with E-state index in [1.165, 1.54) is 19.8 Å². The molecule has 172 valence electrons. The van der Waals surface area contributed by atoms with Crippen molar-refractivity contribution in [1.29, 1.82) is 0 Å². The SMILES string of the molecule is COc1[nH]c(CC=C(C)CC=CC(C)=C[C@@H](C)[C@@H](O)[C@@]2(C)O[C@@H]2C)c(C)c(=O)c1OC. The number of hydrogen-bond donors (Lipinski definition) is 2. The number of pyridine rings is 1. The summed E-state index contributed by atoms with van der Waals surface area (Å²) in [6.07, 6.45) is 9.37. The van der Waals surface area contributed by atoms with Gasteiger partial charge in [0.15, 0.2) is 0 Å². The fourth-order valence-corrected chi connectivity index (χ4v) is 3.76. The predicted octanol–water partition coefficient (Wildman–Crippen LogP) is 4.26. The van der Waals surface area contributed by atoms with Crippen molar-refractivity contribution in [3.63, 3.8) is 0 Å². The topological polar surface area (TPSA) is 84.1 Å². The zero-order valence-electron chi connectivity index (χ0n) is 20.0. The Labute approximate surface area is 185 Å². The van der Waals surface area contributed by atoms with Gasteiger partial charge in [0.25, 0.3) is 0 Å². The molecule has 0 unspecified atom stereocenters. The molecule has 0 bridgehead atoms. The van der Waals surface area contributed by atoms with Crippen LogP contribution in [0.4, 0.5) is 0 Å². The zero-order valence-corrected chi connectivity index (χ0v) is 20.0. The highest BCUT2D eigenvalue weighted by molar-refractivity contribution is 5.40. The lowest BCUT2D eigenvalue weighted by atomic mass is 9.90. The Balaban J connectivity index is 1.98. The lowest BCUT2D eigenvalue weighted by molar-refractivity contribution is 0.0564. The molecule has 0 aromatic carbocycles. The first-order chi connectivity index (χ1) is 14.5. The summed E-state index contributed by atoms with van der Waals surface area (Å²) in [4.78, 5) is 15.6. The molecule has 6 nitrogen and oxygen atoms in total. The maximum Gasteiger partial charge on any atom is 0.238 e. The van der Waals surface area contributed by atoms with E-state index >= 15 is 0 Å². The fourth-order valence-electron chi connectivity index (χ4n) is 3.76. The molecule has 0 aliphatic carbocycles. The summed E-state index contributed by atoms with van der Waals surface area (Å²) in [5, 5.41) is 10.5. The van der Waals surface area contributed by atoms with Crippen molar-refractivity contribution < 1.29 is 19.3 Å². The van der Waals surface area contributed by atoms with Gasteiger partial charge in [-0.1, -0.05) is 42.4 Å². The molecule has 1 aliphatic heterocycles. The number of methoxy groups -OCH3 is 2. The Kier molecular flexibility index (Phi) is 8.32. The van der Waals surface area contributed by atoms with Gasteiger partial charge in [0.05, 0.1) is 26.4 Å². The summed E-state index contributed by atoms with van der Waals surface area (Å²) in [5.41, 5.74) is 3.16. The minimum Gasteiger partial charge on any atom is -0.488 e. The van der Waals surface area contributed by atoms with Gasteiger partial charge in [-0.15, -0.1) is 0 Å². The lowest BCUT2D eigenvalue weighted by Crippen LogP contribution is -2.33. The van der Waals surface area contributed by atoms with Crippen LogP contribution in [0.1, 0.15) is 52.3 Å². The second-order valence-corrected chi connectivity index (χ2v) is 8.64. The first-order valence-electron chi connectivity index (χ1n) is 10.7. The number of aromatic nitrogens is 1. The first kappa shape index (κ1) is 25.0. The molecule has 31 heavy (non-hydrogen) atoms. The van der Waals surface area contributed by atoms with E-state index in [1.54, 1.807) is 6.92 Å². The van der Waals surface area contributed by atoms with Crippen LogP contribution in [0.2, 0.25) is 0 Å². The van der Waals surface area contributed by atoms with E-state index < -0.39 is 11.7 Å². The molecule has 6 heteroatoms. The molecule has 4 atom stereocenters. The van der Waals surface area contributed by atoms with E-state index in [0.29, 0.717) is 17.9 Å². The summed E-state index contributed by atoms with van der Waals surface area (Å²) in [6.45, 7) is 11.8. The number of allylic oxidation sites excluding steroid dienone is 5. The largest absolute Gasteiger partial charge is 0.488 e. The van der Waals surface area contributed by atoms with Crippen molar-refractivity contribution in [2.24, 2.45) is 5.92 Å². The van der Waals surface area contributed by atoms with Crippen molar-refractivity contribution in [1.82, 2.24) is 4.98 Å². The van der Waals surface area contributed by atoms with Crippen LogP contribution in [0, 0.1) is 12.8 Å². The third kappa shape index (κ3) is 5.89. The van der Waals surface area contributed by atoms with E-state index in [1.807, 2.05) is 27.7 Å². The average molecular weight is 432 g/mol. The van der Waals surface area contributed by atoms with Crippen LogP contribution in [0.5, 0.6) is 11.6 Å². The van der Waals surface area contributed by atoms with Crippen LogP contribution >= 0.6 is 0 Å². The van der Waals surface area contributed by atoms with Crippen molar-refractivity contribution >= 4 is 0 Å². The lowest BCUT2D eigenvalue weighted by Gasteiger charge is -2.20. The van der Waals surface area contributed by atoms with Gasteiger partial charge in [-0.2, -0.15) is 0 Å². The summed E-state index contributed by atoms with van der Waals surface area (Å²) in [6, 6.07) is 0. The Morgan fingerprint density at radius 1 is 1.32 bits per heavy atom. The molecule has 0 amide bonds. The number of hydrogen-bond acceptors (Lipinski definition) is 5. The van der Waals surface area contributed by atoms with Crippen molar-refractivity contribution in [2.45, 2.75) is 72.2 Å². The number of epoxide rings is 1. The maximum atomic E-state index is 12.4. The number of aliphatic hydroxyl groups excluding tert-OH is 1. The quantitative estimate of drug-likeness (QED) is 0.329. The Morgan fingerprint density at radius 3 is 2.52 bits per heavy atom. The first-order valence-corrected chi connectivity index (χ1v) is 10.7. The minimum absolute atomic E-state index is 0.0149. The fraction of sp³-hybridized carbons (Fsp3) is 0.560. The molecule has 1 fully saturated rings. The molecule has 0 saturated carbocycles. The predicted molar refractivity (Wildman–Crippen MR) is 124 cm³/mol. The third-order valence-corrected chi connectivity index (χ3v) is 6.15. The standard InChI is InChI=1S/C25H37NO5/c1-15(12-13-20-18(4)21(27)22(29-7)24(26-20)30-8)10-9-11-16(2)14-17(3)23(28)25(6)19(5)31-25/h9,11-12,14,17,19,23,28H,10,13H2,1-8H3,(H,26,27)/t17-,19-,23-,25+/m1/s1. The average Bonchev–Trinajstić information content (AvgIpc) is 3.35. The Morgan fingerprint density at radius 2 is 1.97 bits per heavy atom. The van der Waals surface area contributed by atoms with Gasteiger partial charge in [-0.05, 0) is 41.0 Å². The van der Waals surface area contributed by atoms with Gasteiger partial charge in [-0.3, -0.25) is 4.79 Å². The van der Waals surface area contributed by atoms with Gasteiger partial charge in [0.2, 0.25) is 17.1 Å². The van der Waals surface area contributed by atoms with Crippen LogP contribution in [0.15, 0.2) is 40.2 Å². The molecular formula is C25H37NO5. The molecule has 1 aromatic heterocycles. The molecule has 0 radical (unpaired) electrons. The molecule has 2 rings (SSSR count). The van der Waals surface area contributed by atoms with Gasteiger partial charge in [0.1, 0.15) is 5.60 Å². The van der Waals surface area contributed by atoms with E-state index in [4.69, 9.17) is 14.2 Å². The van der Waals surface area contributed by atoms with Crippen LogP contribution in [-0.2, 0) is 11.2 Å². The molecule has 1 aliphatic rings. The van der Waals surface area contributed by atoms with Crippen LogP contribution in [0.3, 0.4) is 0 Å². The number of aliphatic hydroxyl groups is 1. The number of nitrogens with one attached hydrogen (secondary N) is 1. The smallest absolute Gasteiger partial charge is 0.238 e. The number of ether oxygens (including phenoxy) is 3. The highest BCUT2D eigenvalue weighted by Crippen LogP contribution is 2.41. The zero-order chi connectivity index (χ0) is 23.3. The van der Waals surface area contributed by atoms with Crippen molar-refractivity contribution in [3.8, 4) is 11.6 Å². The number of rotatable bonds is 10. The van der Waals surface area contributed by atoms with Crippen LogP contribution < -0.4 is 14.9 Å². The highest BCUT2D eigenvalue weighted by Gasteiger charge is 2.55. The van der Waals surface area contributed by atoms with Crippen molar-refractivity contribution in [3.05, 3.63) is 56.9 Å². The van der Waals surface area contributed by atoms with E-state index in [9.17, 15) is 9.90 Å². The molecule has 1 saturated heterocycles. The summed E-state index contributed by atoms with van der Waals surface area (Å²) in [7, 11) is 2.97. The van der Waals surface area contributed by atoms with Gasteiger partial charge < -0.3 is 24.3 Å². The van der Waals surface area contributed by atoms with E-state index in [0.717, 1.165) is 17.7 Å². The van der Waals surface area contributed by atoms with E-state index in [-0.39, 0.29) is 23.2 Å². The van der Waals surface area contributed by atoms with Gasteiger partial charge >= 0.3 is 0 Å². The minimum atomic E-state index is -0.514. The van der Waals surface area contributed by atoms with Crippen molar-refractivity contribution in [2.75, 3.05) is 14.2 Å². The molecule has 0 spiro atoms. The normalized spacial score (nSPS) is 23.7. The maximum absolute atomic E-state index is 12.4. The molecule has 1 aromatic rings. The van der Waals surface area contributed by atoms with E-state index in [2.05, 4.69) is 36.2 Å². The molecule has 2 heterocycles. The second-order valence-electron chi connectivity index (χ2n) is 8.64. The van der Waals surface area contributed by atoms with Gasteiger partial charge in [0, 0.05) is 23.6 Å². The molecule has 2 N–H and O–H groups in total. The van der Waals surface area contributed by atoms with Crippen LogP contribution in [-0.4, -0.2) is 42.1 Å². The number of H-pyrrole nitrogens is 1. The summed E-state index contributed by atoms with van der Waals surface area (Å²) < 4.78 is 15.9. The molecular weight excluding hydrogens is 394 g/mol. The van der Waals surface area contributed by atoms with Crippen LogP contribution in [0.25, 0.3) is 0 Å². The summed E-state index contributed by atoms with van der Waals surface area (Å²) in [5.74, 6) is 0.558.